The first-order valence-corrected chi connectivity index (χ1v) is 8.80. The maximum absolute atomic E-state index is 12.2. The minimum atomic E-state index is -0.525. The summed E-state index contributed by atoms with van der Waals surface area (Å²) in [6.45, 7) is 3.56. The van der Waals surface area contributed by atoms with Gasteiger partial charge in [-0.05, 0) is 49.9 Å². The van der Waals surface area contributed by atoms with Crippen LogP contribution in [0.5, 0.6) is 0 Å². The van der Waals surface area contributed by atoms with Crippen molar-refractivity contribution in [1.29, 1.82) is 0 Å². The highest BCUT2D eigenvalue weighted by molar-refractivity contribution is 7.98. The molecule has 1 heterocycles. The molecule has 0 radical (unpaired) electrons. The number of carbonyl (C=O) groups is 2. The Hall–Kier alpha value is -2.27. The van der Waals surface area contributed by atoms with Crippen LogP contribution in [-0.4, -0.2) is 29.2 Å². The van der Waals surface area contributed by atoms with Gasteiger partial charge in [-0.25, -0.2) is 4.79 Å². The molecule has 0 N–H and O–H groups in total. The lowest BCUT2D eigenvalue weighted by molar-refractivity contribution is -0.136. The van der Waals surface area contributed by atoms with Crippen LogP contribution < -0.4 is 0 Å². The molecule has 0 saturated carbocycles. The molecule has 0 aliphatic carbocycles. The fourth-order valence-electron chi connectivity index (χ4n) is 2.28. The highest BCUT2D eigenvalue weighted by Gasteiger charge is 2.15. The number of aryl methyl sites for hydroxylation is 1. The number of benzene rings is 1. The van der Waals surface area contributed by atoms with Crippen molar-refractivity contribution in [3.8, 4) is 0 Å². The number of Topliss-reactive ketones (excluding diaryl/α,β-unsaturated/α-hetero) is 1. The highest BCUT2D eigenvalue weighted by Crippen LogP contribution is 2.16. The van der Waals surface area contributed by atoms with E-state index in [0.717, 1.165) is 21.8 Å². The third kappa shape index (κ3) is 4.38. The van der Waals surface area contributed by atoms with Crippen molar-refractivity contribution in [3.05, 3.63) is 58.9 Å². The van der Waals surface area contributed by atoms with Gasteiger partial charge in [-0.3, -0.25) is 4.79 Å². The van der Waals surface area contributed by atoms with Crippen LogP contribution in [0.1, 0.15) is 27.3 Å². The number of aromatic nitrogens is 1. The lowest BCUT2D eigenvalue weighted by Gasteiger charge is -2.03. The number of hydrogen-bond acceptors (Lipinski definition) is 4. The van der Waals surface area contributed by atoms with Crippen molar-refractivity contribution in [2.45, 2.75) is 18.7 Å². The molecule has 4 nitrogen and oxygen atoms in total. The van der Waals surface area contributed by atoms with Crippen molar-refractivity contribution in [1.82, 2.24) is 4.57 Å². The van der Waals surface area contributed by atoms with E-state index in [1.54, 1.807) is 17.8 Å². The van der Waals surface area contributed by atoms with E-state index in [1.807, 2.05) is 62.0 Å². The third-order valence-corrected chi connectivity index (χ3v) is 4.69. The molecule has 0 bridgehead atoms. The van der Waals surface area contributed by atoms with E-state index < -0.39 is 5.97 Å². The summed E-state index contributed by atoms with van der Waals surface area (Å²) in [5.41, 5.74) is 3.37. The van der Waals surface area contributed by atoms with Gasteiger partial charge in [0.2, 0.25) is 5.78 Å². The van der Waals surface area contributed by atoms with Gasteiger partial charge in [-0.1, -0.05) is 12.1 Å². The van der Waals surface area contributed by atoms with E-state index in [-0.39, 0.29) is 12.4 Å². The predicted octanol–water partition coefficient (Wildman–Crippen LogP) is 3.80. The van der Waals surface area contributed by atoms with Gasteiger partial charge in [0.05, 0.1) is 0 Å². The third-order valence-electron chi connectivity index (χ3n) is 3.95. The highest BCUT2D eigenvalue weighted by atomic mass is 32.2. The Labute approximate surface area is 146 Å². The number of nitrogens with zero attached hydrogens (tertiary/aromatic N) is 1. The standard InChI is InChI=1S/C19H21NO3S/c1-13-11-17(14(2)20(13)3)18(21)12-23-19(22)10-7-15-5-8-16(24-4)9-6-15/h5-11H,12H2,1-4H3/b10-7+. The number of carbonyl (C=O) groups excluding carboxylic acids is 2. The summed E-state index contributed by atoms with van der Waals surface area (Å²) in [6.07, 6.45) is 5.02. The summed E-state index contributed by atoms with van der Waals surface area (Å²) in [6, 6.07) is 9.64. The molecule has 5 heteroatoms. The summed E-state index contributed by atoms with van der Waals surface area (Å²) in [4.78, 5) is 25.1. The zero-order valence-electron chi connectivity index (χ0n) is 14.3. The second-order valence-corrected chi connectivity index (χ2v) is 6.36. The summed E-state index contributed by atoms with van der Waals surface area (Å²) in [7, 11) is 1.90. The lowest BCUT2D eigenvalue weighted by Crippen LogP contribution is -2.13. The number of hydrogen-bond donors (Lipinski definition) is 0. The topological polar surface area (TPSA) is 48.3 Å². The minimum Gasteiger partial charge on any atom is -0.454 e. The molecule has 0 spiro atoms. The zero-order chi connectivity index (χ0) is 17.7. The van der Waals surface area contributed by atoms with Crippen LogP contribution in [0.25, 0.3) is 6.08 Å². The van der Waals surface area contributed by atoms with E-state index in [2.05, 4.69) is 0 Å². The zero-order valence-corrected chi connectivity index (χ0v) is 15.1. The Kier molecular flexibility index (Phi) is 6.04. The van der Waals surface area contributed by atoms with E-state index in [0.29, 0.717) is 5.56 Å². The molecule has 0 amide bonds. The smallest absolute Gasteiger partial charge is 0.331 e. The first-order valence-electron chi connectivity index (χ1n) is 7.57. The van der Waals surface area contributed by atoms with E-state index in [9.17, 15) is 9.59 Å². The Morgan fingerprint density at radius 3 is 2.42 bits per heavy atom. The van der Waals surface area contributed by atoms with Crippen molar-refractivity contribution >= 4 is 29.6 Å². The van der Waals surface area contributed by atoms with E-state index in [4.69, 9.17) is 4.74 Å². The van der Waals surface area contributed by atoms with Crippen LogP contribution in [0, 0.1) is 13.8 Å². The lowest BCUT2D eigenvalue weighted by atomic mass is 10.1. The second kappa shape index (κ2) is 8.02. The molecule has 1 aromatic carbocycles. The molecule has 2 aromatic rings. The molecule has 0 aliphatic rings. The average Bonchev–Trinajstić information content (AvgIpc) is 2.85. The van der Waals surface area contributed by atoms with Gasteiger partial charge in [0.25, 0.3) is 0 Å². The molecule has 0 saturated heterocycles. The van der Waals surface area contributed by atoms with E-state index in [1.165, 1.54) is 6.08 Å². The normalized spacial score (nSPS) is 11.0. The molecule has 0 unspecified atom stereocenters. The molecule has 126 valence electrons. The van der Waals surface area contributed by atoms with Gasteiger partial charge < -0.3 is 9.30 Å². The van der Waals surface area contributed by atoms with Crippen LogP contribution in [-0.2, 0) is 16.6 Å². The Balaban J connectivity index is 1.91. The first kappa shape index (κ1) is 18.1. The molecule has 2 rings (SSSR count). The van der Waals surface area contributed by atoms with Gasteiger partial charge >= 0.3 is 5.97 Å². The minimum absolute atomic E-state index is 0.192. The second-order valence-electron chi connectivity index (χ2n) is 5.48. The maximum Gasteiger partial charge on any atom is 0.331 e. The van der Waals surface area contributed by atoms with Crippen molar-refractivity contribution < 1.29 is 14.3 Å². The van der Waals surface area contributed by atoms with Gasteiger partial charge in [0.1, 0.15) is 0 Å². The summed E-state index contributed by atoms with van der Waals surface area (Å²) >= 11 is 1.66. The summed E-state index contributed by atoms with van der Waals surface area (Å²) in [5, 5.41) is 0. The molecule has 0 atom stereocenters. The number of esters is 1. The number of rotatable bonds is 6. The molecular weight excluding hydrogens is 322 g/mol. The van der Waals surface area contributed by atoms with Crippen LogP contribution in [0.15, 0.2) is 41.3 Å². The average molecular weight is 343 g/mol. The van der Waals surface area contributed by atoms with Crippen LogP contribution >= 0.6 is 11.8 Å². The monoisotopic (exact) mass is 343 g/mol. The van der Waals surface area contributed by atoms with Crippen LogP contribution in [0.2, 0.25) is 0 Å². The van der Waals surface area contributed by atoms with Crippen molar-refractivity contribution in [2.24, 2.45) is 7.05 Å². The SMILES string of the molecule is CSc1ccc(/C=C/C(=O)OCC(=O)c2cc(C)n(C)c2C)cc1. The maximum atomic E-state index is 12.2. The summed E-state index contributed by atoms with van der Waals surface area (Å²) < 4.78 is 6.98. The number of thioether (sulfide) groups is 1. The van der Waals surface area contributed by atoms with Gasteiger partial charge in [-0.2, -0.15) is 0 Å². The molecule has 0 aliphatic heterocycles. The molecule has 0 fully saturated rings. The van der Waals surface area contributed by atoms with Gasteiger partial charge in [0.15, 0.2) is 6.61 Å². The largest absolute Gasteiger partial charge is 0.454 e. The Morgan fingerprint density at radius 2 is 1.88 bits per heavy atom. The summed E-state index contributed by atoms with van der Waals surface area (Å²) in [5.74, 6) is -0.718. The number of ether oxygens (including phenoxy) is 1. The fraction of sp³-hybridized carbons (Fsp3) is 0.263. The van der Waals surface area contributed by atoms with Gasteiger partial charge in [0, 0.05) is 35.0 Å². The first-order chi connectivity index (χ1) is 11.4. The Morgan fingerprint density at radius 1 is 1.21 bits per heavy atom. The van der Waals surface area contributed by atoms with Crippen molar-refractivity contribution in [2.75, 3.05) is 12.9 Å². The fourth-order valence-corrected chi connectivity index (χ4v) is 2.69. The van der Waals surface area contributed by atoms with Gasteiger partial charge in [-0.15, -0.1) is 11.8 Å². The van der Waals surface area contributed by atoms with Crippen LogP contribution in [0.4, 0.5) is 0 Å². The van der Waals surface area contributed by atoms with E-state index >= 15 is 0 Å². The molecule has 24 heavy (non-hydrogen) atoms. The quantitative estimate of drug-likeness (QED) is 0.346. The Bertz CT molecular complexity index is 773. The number of ketones is 1. The van der Waals surface area contributed by atoms with Crippen molar-refractivity contribution in [3.63, 3.8) is 0 Å². The molecule has 1 aromatic heterocycles. The van der Waals surface area contributed by atoms with Crippen LogP contribution in [0.3, 0.4) is 0 Å². The molecular formula is C19H21NO3S. The predicted molar refractivity (Wildman–Crippen MR) is 97.4 cm³/mol.